The Morgan fingerprint density at radius 2 is 1.69 bits per heavy atom. The molecule has 0 aromatic rings. The summed E-state index contributed by atoms with van der Waals surface area (Å²) < 4.78 is 5.75. The van der Waals surface area contributed by atoms with E-state index in [0.29, 0.717) is 11.8 Å². The van der Waals surface area contributed by atoms with Crippen molar-refractivity contribution in [3.05, 3.63) is 12.7 Å². The van der Waals surface area contributed by atoms with Crippen LogP contribution in [0.15, 0.2) is 12.7 Å². The van der Waals surface area contributed by atoms with Gasteiger partial charge in [-0.05, 0) is 61.2 Å². The SMILES string of the molecule is C=C[C@]1(C)[C@@H](O)CC[C@H]2[C@]3(C)CC[C@H](OC(C)=O)C(C)(C)[C@H]3CC[C@]21C. The van der Waals surface area contributed by atoms with Gasteiger partial charge in [0.25, 0.3) is 0 Å². The minimum atomic E-state index is -0.299. The van der Waals surface area contributed by atoms with Crippen molar-refractivity contribution in [2.75, 3.05) is 0 Å². The zero-order valence-corrected chi connectivity index (χ0v) is 17.6. The number of carbonyl (C=O) groups is 1. The molecule has 0 aromatic heterocycles. The molecule has 0 heterocycles. The van der Waals surface area contributed by atoms with Gasteiger partial charge < -0.3 is 9.84 Å². The van der Waals surface area contributed by atoms with E-state index in [-0.39, 0.29) is 39.8 Å². The normalized spacial score (nSPS) is 50.3. The van der Waals surface area contributed by atoms with Gasteiger partial charge >= 0.3 is 5.97 Å². The quantitative estimate of drug-likeness (QED) is 0.547. The predicted molar refractivity (Wildman–Crippen MR) is 105 cm³/mol. The summed E-state index contributed by atoms with van der Waals surface area (Å²) in [6.07, 6.45) is 7.97. The van der Waals surface area contributed by atoms with Crippen molar-refractivity contribution < 1.29 is 14.6 Å². The molecule has 0 amide bonds. The van der Waals surface area contributed by atoms with E-state index in [1.54, 1.807) is 0 Å². The topological polar surface area (TPSA) is 46.5 Å². The van der Waals surface area contributed by atoms with Crippen LogP contribution in [0.3, 0.4) is 0 Å². The Labute approximate surface area is 159 Å². The minimum absolute atomic E-state index is 0.0133. The van der Waals surface area contributed by atoms with Crippen LogP contribution in [-0.4, -0.2) is 23.3 Å². The van der Waals surface area contributed by atoms with E-state index in [1.165, 1.54) is 6.92 Å². The molecule has 26 heavy (non-hydrogen) atoms. The van der Waals surface area contributed by atoms with Crippen molar-refractivity contribution in [2.24, 2.45) is 33.5 Å². The summed E-state index contributed by atoms with van der Waals surface area (Å²) in [4.78, 5) is 11.6. The molecular weight excluding hydrogens is 324 g/mol. The summed E-state index contributed by atoms with van der Waals surface area (Å²) in [6.45, 7) is 17.4. The Balaban J connectivity index is 1.99. The van der Waals surface area contributed by atoms with E-state index in [1.807, 2.05) is 6.08 Å². The average Bonchev–Trinajstić information content (AvgIpc) is 2.54. The smallest absolute Gasteiger partial charge is 0.302 e. The number of rotatable bonds is 2. The maximum atomic E-state index is 11.6. The second-order valence-corrected chi connectivity index (χ2v) is 10.6. The van der Waals surface area contributed by atoms with E-state index in [0.717, 1.165) is 38.5 Å². The Bertz CT molecular complexity index is 596. The molecule has 0 saturated heterocycles. The van der Waals surface area contributed by atoms with Gasteiger partial charge in [-0.3, -0.25) is 4.79 Å². The molecule has 3 rings (SSSR count). The fourth-order valence-corrected chi connectivity index (χ4v) is 7.61. The highest BCUT2D eigenvalue weighted by Gasteiger charge is 2.66. The van der Waals surface area contributed by atoms with Crippen LogP contribution in [0, 0.1) is 33.5 Å². The van der Waals surface area contributed by atoms with Crippen LogP contribution in [0.5, 0.6) is 0 Å². The van der Waals surface area contributed by atoms with E-state index in [4.69, 9.17) is 4.74 Å². The summed E-state index contributed by atoms with van der Waals surface area (Å²) in [5.41, 5.74) is 0.0427. The molecule has 0 aliphatic heterocycles. The molecule has 3 fully saturated rings. The number of carbonyl (C=O) groups excluding carboxylic acids is 1. The van der Waals surface area contributed by atoms with Crippen LogP contribution in [-0.2, 0) is 9.53 Å². The number of ether oxygens (including phenoxy) is 1. The molecule has 3 saturated carbocycles. The second kappa shape index (κ2) is 6.09. The lowest BCUT2D eigenvalue weighted by Gasteiger charge is -2.69. The van der Waals surface area contributed by atoms with Crippen LogP contribution >= 0.6 is 0 Å². The number of esters is 1. The lowest BCUT2D eigenvalue weighted by Crippen LogP contribution is -2.65. The first kappa shape index (κ1) is 19.9. The molecule has 0 radical (unpaired) electrons. The lowest BCUT2D eigenvalue weighted by molar-refractivity contribution is -0.227. The molecule has 148 valence electrons. The number of hydrogen-bond acceptors (Lipinski definition) is 3. The fourth-order valence-electron chi connectivity index (χ4n) is 7.61. The second-order valence-electron chi connectivity index (χ2n) is 10.6. The standard InChI is InChI=1S/C23H38O3/c1-8-22(6)18(25)10-9-17-21(5)13-12-19(26-15(2)24)20(3,4)16(21)11-14-23(17,22)7/h8,16-19,25H,1,9-14H2,2-7H3/t16-,17+,18+,19+,21-,22-,23-/m1/s1. The summed E-state index contributed by atoms with van der Waals surface area (Å²) in [7, 11) is 0. The average molecular weight is 363 g/mol. The Morgan fingerprint density at radius 1 is 1.04 bits per heavy atom. The fraction of sp³-hybridized carbons (Fsp3) is 0.870. The van der Waals surface area contributed by atoms with Gasteiger partial charge in [0, 0.05) is 17.8 Å². The van der Waals surface area contributed by atoms with Gasteiger partial charge in [0.1, 0.15) is 6.10 Å². The lowest BCUT2D eigenvalue weighted by atomic mass is 9.36. The molecule has 1 N–H and O–H groups in total. The highest BCUT2D eigenvalue weighted by atomic mass is 16.5. The summed E-state index contributed by atoms with van der Waals surface area (Å²) in [6, 6.07) is 0. The van der Waals surface area contributed by atoms with Crippen LogP contribution in [0.25, 0.3) is 0 Å². The van der Waals surface area contributed by atoms with Crippen molar-refractivity contribution in [3.63, 3.8) is 0 Å². The van der Waals surface area contributed by atoms with Crippen LogP contribution in [0.1, 0.15) is 80.1 Å². The first-order valence-electron chi connectivity index (χ1n) is 10.4. The van der Waals surface area contributed by atoms with Crippen molar-refractivity contribution in [1.82, 2.24) is 0 Å². The first-order chi connectivity index (χ1) is 11.9. The third-order valence-corrected chi connectivity index (χ3v) is 9.37. The Morgan fingerprint density at radius 3 is 2.27 bits per heavy atom. The molecule has 0 unspecified atom stereocenters. The van der Waals surface area contributed by atoms with Gasteiger partial charge in [-0.1, -0.05) is 40.7 Å². The number of aliphatic hydroxyl groups is 1. The molecule has 7 atom stereocenters. The maximum Gasteiger partial charge on any atom is 0.302 e. The number of hydrogen-bond donors (Lipinski definition) is 1. The van der Waals surface area contributed by atoms with Crippen LogP contribution in [0.2, 0.25) is 0 Å². The van der Waals surface area contributed by atoms with Gasteiger partial charge in [-0.25, -0.2) is 0 Å². The van der Waals surface area contributed by atoms with Gasteiger partial charge in [0.2, 0.25) is 0 Å². The van der Waals surface area contributed by atoms with Crippen molar-refractivity contribution in [1.29, 1.82) is 0 Å². The van der Waals surface area contributed by atoms with Crippen molar-refractivity contribution in [3.8, 4) is 0 Å². The van der Waals surface area contributed by atoms with Crippen LogP contribution < -0.4 is 0 Å². The molecule has 0 spiro atoms. The molecule has 3 heteroatoms. The zero-order valence-electron chi connectivity index (χ0n) is 17.6. The minimum Gasteiger partial charge on any atom is -0.462 e. The highest BCUT2D eigenvalue weighted by Crippen LogP contribution is 2.71. The highest BCUT2D eigenvalue weighted by molar-refractivity contribution is 5.66. The van der Waals surface area contributed by atoms with E-state index >= 15 is 0 Å². The Hall–Kier alpha value is -0.830. The third-order valence-electron chi connectivity index (χ3n) is 9.37. The summed E-state index contributed by atoms with van der Waals surface area (Å²) in [5.74, 6) is 0.945. The molecule has 0 bridgehead atoms. The number of fused-ring (bicyclic) bond motifs is 3. The predicted octanol–water partition coefficient (Wildman–Crippen LogP) is 5.12. The monoisotopic (exact) mass is 362 g/mol. The third kappa shape index (κ3) is 2.45. The molecule has 3 aliphatic rings. The van der Waals surface area contributed by atoms with Gasteiger partial charge in [-0.2, -0.15) is 0 Å². The molecule has 0 aromatic carbocycles. The van der Waals surface area contributed by atoms with Crippen LogP contribution in [0.4, 0.5) is 0 Å². The zero-order chi connectivity index (χ0) is 19.5. The van der Waals surface area contributed by atoms with Gasteiger partial charge in [0.15, 0.2) is 0 Å². The van der Waals surface area contributed by atoms with E-state index in [9.17, 15) is 9.90 Å². The largest absolute Gasteiger partial charge is 0.462 e. The van der Waals surface area contributed by atoms with Crippen molar-refractivity contribution in [2.45, 2.75) is 92.3 Å². The summed E-state index contributed by atoms with van der Waals surface area (Å²) in [5, 5.41) is 10.8. The van der Waals surface area contributed by atoms with E-state index in [2.05, 4.69) is 41.2 Å². The van der Waals surface area contributed by atoms with E-state index < -0.39 is 0 Å². The van der Waals surface area contributed by atoms with Gasteiger partial charge in [0.05, 0.1) is 6.10 Å². The summed E-state index contributed by atoms with van der Waals surface area (Å²) >= 11 is 0. The number of aliphatic hydroxyl groups excluding tert-OH is 1. The van der Waals surface area contributed by atoms with Gasteiger partial charge in [-0.15, -0.1) is 6.58 Å². The molecule has 3 nitrogen and oxygen atoms in total. The maximum absolute atomic E-state index is 11.6. The molecular formula is C23H38O3. The van der Waals surface area contributed by atoms with Crippen molar-refractivity contribution >= 4 is 5.97 Å². The molecule has 3 aliphatic carbocycles. The first-order valence-corrected chi connectivity index (χ1v) is 10.4. The Kier molecular flexibility index (Phi) is 4.66.